The predicted molar refractivity (Wildman–Crippen MR) is 103 cm³/mol. The minimum Gasteiger partial charge on any atom is -0.382 e. The van der Waals surface area contributed by atoms with E-state index in [9.17, 15) is 0 Å². The van der Waals surface area contributed by atoms with E-state index in [1.54, 1.807) is 6.33 Å². The number of hydrogen-bond donors (Lipinski definition) is 1. The molecule has 0 spiro atoms. The van der Waals surface area contributed by atoms with E-state index in [2.05, 4.69) is 52.7 Å². The maximum Gasteiger partial charge on any atom is 0.195 e. The Hall–Kier alpha value is -1.56. The highest BCUT2D eigenvalue weighted by Gasteiger charge is 2.19. The highest BCUT2D eigenvalue weighted by Crippen LogP contribution is 2.34. The van der Waals surface area contributed by atoms with Crippen LogP contribution in [0.1, 0.15) is 12.8 Å². The van der Waals surface area contributed by atoms with Crippen LogP contribution in [0.4, 0.5) is 5.82 Å². The van der Waals surface area contributed by atoms with Crippen molar-refractivity contribution in [3.05, 3.63) is 33.5 Å². The molecule has 0 saturated heterocycles. The third-order valence-corrected chi connectivity index (χ3v) is 4.99. The lowest BCUT2D eigenvalue weighted by atomic mass is 10.3. The molecule has 0 saturated carbocycles. The van der Waals surface area contributed by atoms with Gasteiger partial charge in [0.25, 0.3) is 0 Å². The Morgan fingerprint density at radius 2 is 1.96 bits per heavy atom. The Morgan fingerprint density at radius 1 is 1.21 bits per heavy atom. The molecule has 2 heterocycles. The number of halogens is 2. The van der Waals surface area contributed by atoms with Crippen molar-refractivity contribution in [2.45, 2.75) is 29.4 Å². The van der Waals surface area contributed by atoms with E-state index in [4.69, 9.17) is 12.2 Å². The molecule has 0 aromatic heterocycles. The first-order valence-electron chi connectivity index (χ1n) is 7.12. The summed E-state index contributed by atoms with van der Waals surface area (Å²) < 4.78 is 3.92. The number of fused-ring (bicyclic) bond motifs is 1. The molecule has 2 N–H and O–H groups in total. The van der Waals surface area contributed by atoms with Gasteiger partial charge >= 0.3 is 0 Å². The fourth-order valence-electron chi connectivity index (χ4n) is 2.19. The van der Waals surface area contributed by atoms with Gasteiger partial charge in [0.2, 0.25) is 0 Å². The van der Waals surface area contributed by atoms with Crippen molar-refractivity contribution in [3.63, 3.8) is 0 Å². The lowest BCUT2D eigenvalue weighted by molar-refractivity contribution is 0.638. The van der Waals surface area contributed by atoms with Crippen LogP contribution in [-0.2, 0) is 6.54 Å². The molecule has 0 bridgehead atoms. The van der Waals surface area contributed by atoms with Crippen molar-refractivity contribution < 1.29 is 0 Å². The van der Waals surface area contributed by atoms with Gasteiger partial charge in [-0.05, 0) is 36.4 Å². The fourth-order valence-corrected chi connectivity index (χ4v) is 4.64. The number of rotatable bonds is 5. The Bertz CT molecular complexity index is 867. The number of aryl methyl sites for hydroxylation is 1. The van der Waals surface area contributed by atoms with Crippen molar-refractivity contribution >= 4 is 49.4 Å². The summed E-state index contributed by atoms with van der Waals surface area (Å²) in [7, 11) is 0. The molecule has 5 nitrogen and oxygen atoms in total. The SMILES string of the molecule is C#CCCCn1cnc(N)c2nc(Sc3cc(Br)cc(Br)c3)nc1-2. The normalized spacial score (nSPS) is 10.9. The van der Waals surface area contributed by atoms with Crippen molar-refractivity contribution in [3.8, 4) is 23.9 Å². The summed E-state index contributed by atoms with van der Waals surface area (Å²) in [6, 6.07) is 6.01. The fraction of sp³-hybridized carbons (Fsp3) is 0.188. The zero-order chi connectivity index (χ0) is 17.1. The molecule has 24 heavy (non-hydrogen) atoms. The molecule has 0 amide bonds. The zero-order valence-electron chi connectivity index (χ0n) is 12.5. The largest absolute Gasteiger partial charge is 0.382 e. The third kappa shape index (κ3) is 3.91. The van der Waals surface area contributed by atoms with Crippen molar-refractivity contribution in [2.75, 3.05) is 5.73 Å². The van der Waals surface area contributed by atoms with Crippen LogP contribution >= 0.6 is 43.6 Å². The lowest BCUT2D eigenvalue weighted by Gasteiger charge is -2.09. The highest BCUT2D eigenvalue weighted by molar-refractivity contribution is 9.11. The Morgan fingerprint density at radius 3 is 2.67 bits per heavy atom. The first kappa shape index (κ1) is 17.3. The number of benzene rings is 1. The van der Waals surface area contributed by atoms with Crippen molar-refractivity contribution in [2.24, 2.45) is 0 Å². The number of terminal acetylenes is 1. The zero-order valence-corrected chi connectivity index (χ0v) is 16.5. The summed E-state index contributed by atoms with van der Waals surface area (Å²) >= 11 is 8.45. The molecular formula is C16H13Br2N5S. The molecule has 1 aromatic carbocycles. The Kier molecular flexibility index (Phi) is 5.43. The number of anilines is 1. The molecule has 0 fully saturated rings. The van der Waals surface area contributed by atoms with Crippen molar-refractivity contribution in [1.29, 1.82) is 0 Å². The van der Waals surface area contributed by atoms with Crippen LogP contribution in [0.3, 0.4) is 0 Å². The monoisotopic (exact) mass is 465 g/mol. The van der Waals surface area contributed by atoms with Gasteiger partial charge < -0.3 is 10.3 Å². The van der Waals surface area contributed by atoms with E-state index in [-0.39, 0.29) is 0 Å². The number of nitrogens with zero attached hydrogens (tertiary/aromatic N) is 4. The summed E-state index contributed by atoms with van der Waals surface area (Å²) in [6.07, 6.45) is 8.56. The second kappa shape index (κ2) is 7.55. The summed E-state index contributed by atoms with van der Waals surface area (Å²) in [5.41, 5.74) is 6.57. The molecule has 2 aliphatic heterocycles. The van der Waals surface area contributed by atoms with Crippen molar-refractivity contribution in [1.82, 2.24) is 19.5 Å². The number of unbranched alkanes of at least 4 members (excludes halogenated alkanes) is 1. The molecule has 8 heteroatoms. The van der Waals surface area contributed by atoms with Gasteiger partial charge in [-0.1, -0.05) is 31.9 Å². The third-order valence-electron chi connectivity index (χ3n) is 3.24. The van der Waals surface area contributed by atoms with E-state index in [0.717, 1.165) is 32.6 Å². The van der Waals surface area contributed by atoms with Crippen LogP contribution in [-0.4, -0.2) is 19.5 Å². The summed E-state index contributed by atoms with van der Waals surface area (Å²) in [6.45, 7) is 0.735. The molecule has 0 radical (unpaired) electrons. The van der Waals surface area contributed by atoms with Gasteiger partial charge in [0.1, 0.15) is 0 Å². The lowest BCUT2D eigenvalue weighted by Crippen LogP contribution is -2.08. The average Bonchev–Trinajstić information content (AvgIpc) is 2.93. The van der Waals surface area contributed by atoms with E-state index in [1.807, 2.05) is 22.8 Å². The molecule has 1 aromatic rings. The van der Waals surface area contributed by atoms with Crippen LogP contribution in [0.5, 0.6) is 0 Å². The van der Waals surface area contributed by atoms with Crippen LogP contribution in [0, 0.1) is 12.3 Å². The molecule has 2 aliphatic rings. The quantitative estimate of drug-likeness (QED) is 0.444. The van der Waals surface area contributed by atoms with Gasteiger partial charge in [-0.2, -0.15) is 0 Å². The van der Waals surface area contributed by atoms with Crippen LogP contribution < -0.4 is 5.73 Å². The second-order valence-corrected chi connectivity index (χ2v) is 7.89. The minimum absolute atomic E-state index is 0.382. The predicted octanol–water partition coefficient (Wildman–Crippen LogP) is 4.45. The van der Waals surface area contributed by atoms with Gasteiger partial charge in [-0.3, -0.25) is 0 Å². The van der Waals surface area contributed by atoms with E-state index in [0.29, 0.717) is 23.1 Å². The molecule has 3 rings (SSSR count). The first-order chi connectivity index (χ1) is 11.6. The highest BCUT2D eigenvalue weighted by atomic mass is 79.9. The molecule has 122 valence electrons. The Labute approximate surface area is 161 Å². The maximum atomic E-state index is 5.95. The van der Waals surface area contributed by atoms with E-state index >= 15 is 0 Å². The van der Waals surface area contributed by atoms with E-state index in [1.165, 1.54) is 11.8 Å². The number of nitrogens with two attached hydrogens (primary N) is 1. The number of hydrogen-bond acceptors (Lipinski definition) is 5. The number of imidazole rings is 1. The standard InChI is InChI=1S/C16H13Br2N5S/c1-2-3-4-5-23-9-20-14(19)13-15(23)22-16(21-13)24-12-7-10(17)6-11(18)8-12/h1,6-9H,3-5,19H2. The van der Waals surface area contributed by atoms with Gasteiger partial charge in [0, 0.05) is 26.8 Å². The van der Waals surface area contributed by atoms with Gasteiger partial charge in [-0.25, -0.2) is 15.0 Å². The van der Waals surface area contributed by atoms with Crippen LogP contribution in [0.25, 0.3) is 11.5 Å². The summed E-state index contributed by atoms with van der Waals surface area (Å²) in [5.74, 6) is 3.75. The molecular weight excluding hydrogens is 454 g/mol. The minimum atomic E-state index is 0.382. The van der Waals surface area contributed by atoms with Crippen LogP contribution in [0.15, 0.2) is 43.5 Å². The molecule has 0 aliphatic carbocycles. The molecule has 0 unspecified atom stereocenters. The summed E-state index contributed by atoms with van der Waals surface area (Å²) in [5, 5.41) is 0.639. The topological polar surface area (TPSA) is 69.6 Å². The first-order valence-corrected chi connectivity index (χ1v) is 9.53. The molecule has 0 atom stereocenters. The van der Waals surface area contributed by atoms with Gasteiger partial charge in [-0.15, -0.1) is 12.3 Å². The number of aromatic nitrogens is 4. The van der Waals surface area contributed by atoms with Gasteiger partial charge in [0.05, 0.1) is 6.33 Å². The Balaban J connectivity index is 1.92. The summed E-state index contributed by atoms with van der Waals surface area (Å²) in [4.78, 5) is 14.4. The van der Waals surface area contributed by atoms with E-state index < -0.39 is 0 Å². The second-order valence-electron chi connectivity index (χ2n) is 5.02. The smallest absolute Gasteiger partial charge is 0.195 e. The van der Waals surface area contributed by atoms with Crippen LogP contribution in [0.2, 0.25) is 0 Å². The van der Waals surface area contributed by atoms with Gasteiger partial charge in [0.15, 0.2) is 22.5 Å². The number of nitrogen functional groups attached to an aromatic ring is 1. The maximum absolute atomic E-state index is 5.95. The average molecular weight is 467 g/mol.